The van der Waals surface area contributed by atoms with Crippen molar-refractivity contribution in [2.45, 2.75) is 19.1 Å². The lowest BCUT2D eigenvalue weighted by Crippen LogP contribution is -2.20. The van der Waals surface area contributed by atoms with Gasteiger partial charge in [-0.1, -0.05) is 11.8 Å². The monoisotopic (exact) mass is 236 g/mol. The van der Waals surface area contributed by atoms with Gasteiger partial charge in [0.1, 0.15) is 0 Å². The van der Waals surface area contributed by atoms with Gasteiger partial charge >= 0.3 is 0 Å². The van der Waals surface area contributed by atoms with E-state index in [0.29, 0.717) is 6.54 Å². The van der Waals surface area contributed by atoms with E-state index in [0.717, 1.165) is 30.9 Å². The molecular formula is C12H16N2OS. The number of rotatable bonds is 2. The Morgan fingerprint density at radius 2 is 2.44 bits per heavy atom. The van der Waals surface area contributed by atoms with Gasteiger partial charge in [-0.2, -0.15) is 0 Å². The largest absolute Gasteiger partial charge is 0.392 e. The van der Waals surface area contributed by atoms with Crippen molar-refractivity contribution in [2.24, 2.45) is 5.73 Å². The van der Waals surface area contributed by atoms with E-state index in [1.807, 2.05) is 6.07 Å². The first-order valence-electron chi connectivity index (χ1n) is 5.46. The van der Waals surface area contributed by atoms with Crippen molar-refractivity contribution in [1.82, 2.24) is 4.90 Å². The minimum absolute atomic E-state index is 0.142. The molecule has 1 saturated heterocycles. The summed E-state index contributed by atoms with van der Waals surface area (Å²) < 4.78 is 0. The maximum absolute atomic E-state index is 9.42. The second-order valence-corrected chi connectivity index (χ2v) is 5.12. The first-order chi connectivity index (χ1) is 7.78. The number of nitrogens with zero attached hydrogens (tertiary/aromatic N) is 1. The zero-order valence-corrected chi connectivity index (χ0v) is 9.96. The van der Waals surface area contributed by atoms with Crippen LogP contribution in [0.15, 0.2) is 12.1 Å². The number of nitrogens with two attached hydrogens (primary N) is 1. The predicted octanol–water partition coefficient (Wildman–Crippen LogP) is 0.625. The summed E-state index contributed by atoms with van der Waals surface area (Å²) in [7, 11) is 0. The summed E-state index contributed by atoms with van der Waals surface area (Å²) >= 11 is 1.71. The molecule has 0 spiro atoms. The van der Waals surface area contributed by atoms with Crippen LogP contribution in [0.25, 0.3) is 0 Å². The fourth-order valence-corrected chi connectivity index (χ4v) is 2.77. The highest BCUT2D eigenvalue weighted by molar-refractivity contribution is 7.12. The SMILES string of the molecule is NCC#Cc1ccc(CN2CCC(O)C2)s1. The van der Waals surface area contributed by atoms with Gasteiger partial charge in [0.2, 0.25) is 0 Å². The number of β-amino-alcohol motifs (C(OH)–C–C–N with tert-alkyl or cyclic N) is 1. The van der Waals surface area contributed by atoms with Gasteiger partial charge in [0.25, 0.3) is 0 Å². The molecule has 2 heterocycles. The van der Waals surface area contributed by atoms with Crippen molar-refractivity contribution in [3.8, 4) is 11.8 Å². The lowest BCUT2D eigenvalue weighted by molar-refractivity contribution is 0.175. The maximum atomic E-state index is 9.42. The van der Waals surface area contributed by atoms with Gasteiger partial charge < -0.3 is 10.8 Å². The Morgan fingerprint density at radius 1 is 1.56 bits per heavy atom. The van der Waals surface area contributed by atoms with E-state index in [1.165, 1.54) is 4.88 Å². The van der Waals surface area contributed by atoms with E-state index in [-0.39, 0.29) is 6.10 Å². The Morgan fingerprint density at radius 3 is 3.12 bits per heavy atom. The Kier molecular flexibility index (Phi) is 3.97. The van der Waals surface area contributed by atoms with Gasteiger partial charge in [-0.25, -0.2) is 0 Å². The second kappa shape index (κ2) is 5.46. The molecule has 1 fully saturated rings. The highest BCUT2D eigenvalue weighted by atomic mass is 32.1. The second-order valence-electron chi connectivity index (χ2n) is 3.95. The molecule has 2 rings (SSSR count). The standard InChI is InChI=1S/C12H16N2OS/c13-6-1-2-11-3-4-12(16-11)9-14-7-5-10(15)8-14/h3-4,10,15H,5-9,13H2. The number of hydrogen-bond donors (Lipinski definition) is 2. The summed E-state index contributed by atoms with van der Waals surface area (Å²) in [6.45, 7) is 3.11. The molecule has 0 bridgehead atoms. The molecule has 3 nitrogen and oxygen atoms in total. The quantitative estimate of drug-likeness (QED) is 0.740. The zero-order chi connectivity index (χ0) is 11.4. The van der Waals surface area contributed by atoms with Crippen LogP contribution < -0.4 is 5.73 Å². The molecule has 1 unspecified atom stereocenters. The molecule has 1 aromatic rings. The van der Waals surface area contributed by atoms with Crippen molar-refractivity contribution in [2.75, 3.05) is 19.6 Å². The van der Waals surface area contributed by atoms with E-state index in [4.69, 9.17) is 5.73 Å². The molecule has 0 aliphatic carbocycles. The third-order valence-corrected chi connectivity index (χ3v) is 3.59. The topological polar surface area (TPSA) is 49.5 Å². The van der Waals surface area contributed by atoms with Crippen LogP contribution >= 0.6 is 11.3 Å². The van der Waals surface area contributed by atoms with Crippen LogP contribution in [0.2, 0.25) is 0 Å². The van der Waals surface area contributed by atoms with Crippen LogP contribution in [-0.4, -0.2) is 35.7 Å². The van der Waals surface area contributed by atoms with Crippen molar-refractivity contribution >= 4 is 11.3 Å². The van der Waals surface area contributed by atoms with Gasteiger partial charge in [-0.15, -0.1) is 11.3 Å². The number of hydrogen-bond acceptors (Lipinski definition) is 4. The van der Waals surface area contributed by atoms with Crippen molar-refractivity contribution in [1.29, 1.82) is 0 Å². The zero-order valence-electron chi connectivity index (χ0n) is 9.15. The molecule has 0 saturated carbocycles. The number of aliphatic hydroxyl groups excluding tert-OH is 1. The fourth-order valence-electron chi connectivity index (χ4n) is 1.84. The summed E-state index contributed by atoms with van der Waals surface area (Å²) in [5.74, 6) is 5.89. The van der Waals surface area contributed by atoms with Gasteiger partial charge in [-0.3, -0.25) is 4.90 Å². The third kappa shape index (κ3) is 3.06. The Balaban J connectivity index is 1.92. The van der Waals surface area contributed by atoms with Crippen LogP contribution in [-0.2, 0) is 6.54 Å². The normalized spacial score (nSPS) is 20.8. The summed E-state index contributed by atoms with van der Waals surface area (Å²) in [5, 5.41) is 9.42. The summed E-state index contributed by atoms with van der Waals surface area (Å²) in [6.07, 6.45) is 0.752. The van der Waals surface area contributed by atoms with E-state index < -0.39 is 0 Å². The first kappa shape index (κ1) is 11.6. The molecular weight excluding hydrogens is 220 g/mol. The summed E-state index contributed by atoms with van der Waals surface area (Å²) in [5.41, 5.74) is 5.33. The molecule has 16 heavy (non-hydrogen) atoms. The predicted molar refractivity (Wildman–Crippen MR) is 66.2 cm³/mol. The molecule has 1 aliphatic heterocycles. The molecule has 1 aliphatic rings. The van der Waals surface area contributed by atoms with Crippen LogP contribution in [0.4, 0.5) is 0 Å². The van der Waals surface area contributed by atoms with Crippen LogP contribution in [0.1, 0.15) is 16.2 Å². The van der Waals surface area contributed by atoms with Crippen molar-refractivity contribution in [3.05, 3.63) is 21.9 Å². The summed E-state index contributed by atoms with van der Waals surface area (Å²) in [6, 6.07) is 4.14. The third-order valence-electron chi connectivity index (χ3n) is 2.60. The van der Waals surface area contributed by atoms with Gasteiger partial charge in [0, 0.05) is 24.5 Å². The minimum Gasteiger partial charge on any atom is -0.392 e. The molecule has 86 valence electrons. The van der Waals surface area contributed by atoms with E-state index >= 15 is 0 Å². The average molecular weight is 236 g/mol. The molecule has 0 radical (unpaired) electrons. The highest BCUT2D eigenvalue weighted by Gasteiger charge is 2.20. The summed E-state index contributed by atoms with van der Waals surface area (Å²) in [4.78, 5) is 4.65. The smallest absolute Gasteiger partial charge is 0.0772 e. The Hall–Kier alpha value is -0.860. The highest BCUT2D eigenvalue weighted by Crippen LogP contribution is 2.20. The van der Waals surface area contributed by atoms with Crippen molar-refractivity contribution < 1.29 is 5.11 Å². The van der Waals surface area contributed by atoms with Crippen LogP contribution in [0.5, 0.6) is 0 Å². The number of aliphatic hydroxyl groups is 1. The van der Waals surface area contributed by atoms with E-state index in [1.54, 1.807) is 11.3 Å². The minimum atomic E-state index is -0.142. The fraction of sp³-hybridized carbons (Fsp3) is 0.500. The number of thiophene rings is 1. The van der Waals surface area contributed by atoms with Gasteiger partial charge in [0.15, 0.2) is 0 Å². The molecule has 1 aromatic heterocycles. The molecule has 1 atom stereocenters. The van der Waals surface area contributed by atoms with E-state index in [2.05, 4.69) is 22.8 Å². The lowest BCUT2D eigenvalue weighted by atomic mass is 10.3. The van der Waals surface area contributed by atoms with E-state index in [9.17, 15) is 5.11 Å². The van der Waals surface area contributed by atoms with Crippen LogP contribution in [0.3, 0.4) is 0 Å². The van der Waals surface area contributed by atoms with Crippen molar-refractivity contribution in [3.63, 3.8) is 0 Å². The molecule has 0 aromatic carbocycles. The molecule has 0 amide bonds. The Labute approximate surface area is 99.9 Å². The molecule has 4 heteroatoms. The Bertz CT molecular complexity index is 405. The number of likely N-dealkylation sites (tertiary alicyclic amines) is 1. The molecule has 3 N–H and O–H groups in total. The maximum Gasteiger partial charge on any atom is 0.0772 e. The van der Waals surface area contributed by atoms with Crippen LogP contribution in [0, 0.1) is 11.8 Å². The average Bonchev–Trinajstić information content (AvgIpc) is 2.86. The lowest BCUT2D eigenvalue weighted by Gasteiger charge is -2.12. The van der Waals surface area contributed by atoms with Gasteiger partial charge in [0.05, 0.1) is 17.5 Å². The first-order valence-corrected chi connectivity index (χ1v) is 6.27. The van der Waals surface area contributed by atoms with Gasteiger partial charge in [-0.05, 0) is 18.6 Å².